The van der Waals surface area contributed by atoms with Gasteiger partial charge in [0, 0.05) is 150 Å². The minimum Gasteiger partial charge on any atom is -0.444 e. The molecule has 7 N–H and O–H groups in total. The van der Waals surface area contributed by atoms with Crippen LogP contribution in [0.4, 0.5) is 42.8 Å². The Bertz CT molecular complexity index is 3190. The topological polar surface area (TPSA) is 369 Å². The van der Waals surface area contributed by atoms with Crippen LogP contribution in [0.25, 0.3) is 0 Å². The van der Waals surface area contributed by atoms with E-state index in [1.54, 1.807) is 17.2 Å². The second-order valence-electron chi connectivity index (χ2n) is 33.1. The van der Waals surface area contributed by atoms with Crippen LogP contribution in [-0.4, -0.2) is 330 Å². The number of morpholine rings is 5. The van der Waals surface area contributed by atoms with E-state index in [9.17, 15) is 54.6 Å². The first-order chi connectivity index (χ1) is 52.4. The molecule has 9 aliphatic heterocycles. The zero-order chi connectivity index (χ0) is 79.3. The van der Waals surface area contributed by atoms with Crippen molar-refractivity contribution in [2.75, 3.05) is 226 Å². The van der Waals surface area contributed by atoms with Crippen molar-refractivity contribution in [3.63, 3.8) is 0 Å². The number of aliphatic hydroxyl groups is 4. The number of amides is 2. The molecule has 3 aromatic heterocycles. The highest BCUT2D eigenvalue weighted by molar-refractivity contribution is 5.69. The summed E-state index contributed by atoms with van der Waals surface area (Å²) in [6, 6.07) is 8.89. The number of anilines is 3. The van der Waals surface area contributed by atoms with Gasteiger partial charge < -0.3 is 104 Å². The van der Waals surface area contributed by atoms with Crippen molar-refractivity contribution < 1.29 is 77.4 Å². The molecule has 11 aliphatic rings. The zero-order valence-corrected chi connectivity index (χ0v) is 66.3. The number of rotatable bonds is 12. The summed E-state index contributed by atoms with van der Waals surface area (Å²) in [5.74, 6) is -0.555. The lowest BCUT2D eigenvalue weighted by Gasteiger charge is -2.43. The summed E-state index contributed by atoms with van der Waals surface area (Å²) in [6.45, 7) is 36.9. The van der Waals surface area contributed by atoms with Crippen molar-refractivity contribution in [1.82, 2.24) is 49.7 Å². The zero-order valence-electron chi connectivity index (χ0n) is 66.3. The van der Waals surface area contributed by atoms with Crippen LogP contribution >= 0.6 is 0 Å². The molecule has 0 bridgehead atoms. The average molecular weight is 1550 g/mol. The van der Waals surface area contributed by atoms with Gasteiger partial charge in [0.25, 0.3) is 0 Å². The quantitative estimate of drug-likeness (QED) is 0.0820. The van der Waals surface area contributed by atoms with Gasteiger partial charge in [0.1, 0.15) is 17.0 Å². The molecule has 33 heteroatoms. The Morgan fingerprint density at radius 3 is 1.18 bits per heavy atom. The Hall–Kier alpha value is -6.44. The number of carbonyl (C=O) groups excluding carboxylic acids is 2. The van der Waals surface area contributed by atoms with Gasteiger partial charge in [0.2, 0.25) is 0 Å². The third kappa shape index (κ3) is 32.2. The molecule has 12 heterocycles. The fraction of sp³-hybridized carbons (Fsp3) is 0.779. The van der Waals surface area contributed by atoms with Gasteiger partial charge in [0.15, 0.2) is 18.2 Å². The number of hydrogen-bond donors (Lipinski definition) is 6. The molecule has 11 fully saturated rings. The lowest BCUT2D eigenvalue weighted by atomic mass is 9.84. The van der Waals surface area contributed by atoms with Crippen molar-refractivity contribution in [3.8, 4) is 0 Å². The molecule has 2 amide bonds. The number of halogens is 1. The maximum absolute atomic E-state index is 12.2. The third-order valence-electron chi connectivity index (χ3n) is 21.0. The summed E-state index contributed by atoms with van der Waals surface area (Å²) in [5.41, 5.74) is 4.43. The maximum Gasteiger partial charge on any atom is 0.410 e. The molecule has 0 aromatic carbocycles. The van der Waals surface area contributed by atoms with E-state index in [2.05, 4.69) is 49.7 Å². The average Bonchev–Trinajstić information content (AvgIpc) is 1.62. The number of hydrogen-bond acceptors (Lipinski definition) is 28. The second kappa shape index (κ2) is 43.2. The number of β-amino-alcohol motifs (C(OH)–C–C–N with tert-alkyl or cyclic N) is 4. The molecule has 2 aliphatic carbocycles. The van der Waals surface area contributed by atoms with Gasteiger partial charge >= 0.3 is 23.8 Å². The molecule has 14 rings (SSSR count). The lowest BCUT2D eigenvalue weighted by Crippen LogP contribution is -2.57. The van der Waals surface area contributed by atoms with Crippen LogP contribution in [-0.2, 0) is 33.2 Å². The standard InChI is InChI=1S/C15H22N4O4.C15H24N4O2.C15H28N2O4.C12H21NO2.C11H21NO2.C5H3FN2O2.C4H9NO/c20-15(11-17-6-8-23-9-7-17)4-1-5-18(12-15)13-2-3-14(16-10-13)19(21)22;16-14-3-2-13(10-17-14)19-5-1-4-15(20,12-19)11-18-6-8-21-9-7-18;1-14(2,3)21-13(18)17-6-4-5-15(19,12-17)11-16-7-9-20-10-8-16;1-11(2,3)15-10(14)13-8-4-5-12(9-13)6-7-12;13-11(4-2-1-3-5-11)10-12-6-8-14-9-7-12;6-4-1-2-5(7-3-4)8(9)10;1-3-6-4-2-5-1/h2-3,10,20H,1,4-9,11-12H2;2-3,10,20H,1,4-9,11-12H2,(H2,16,17);19H,4-12H2,1-3H3;4-9H2,1-3H3;13H,1-10H2;1-3H;5H,1-4H2. The van der Waals surface area contributed by atoms with Crippen molar-refractivity contribution in [2.45, 2.75) is 171 Å². The van der Waals surface area contributed by atoms with Crippen molar-refractivity contribution in [3.05, 3.63) is 81.0 Å². The van der Waals surface area contributed by atoms with E-state index in [-0.39, 0.29) is 29.4 Å². The van der Waals surface area contributed by atoms with Crippen LogP contribution in [0.5, 0.6) is 0 Å². The number of nitrogens with one attached hydrogen (secondary N) is 1. The van der Waals surface area contributed by atoms with E-state index in [0.717, 1.165) is 232 Å². The number of nitrogens with zero attached hydrogens (tertiary/aromatic N) is 13. The monoisotopic (exact) mass is 1550 g/mol. The molecule has 3 atom stereocenters. The number of ether oxygens (including phenoxy) is 7. The van der Waals surface area contributed by atoms with Crippen LogP contribution in [0.3, 0.4) is 0 Å². The molecule has 9 saturated heterocycles. The number of nitro groups is 2. The van der Waals surface area contributed by atoms with Crippen LogP contribution in [0.2, 0.25) is 0 Å². The van der Waals surface area contributed by atoms with Gasteiger partial charge in [-0.25, -0.2) is 19.0 Å². The van der Waals surface area contributed by atoms with Crippen LogP contribution in [0, 0.1) is 31.5 Å². The minimum absolute atomic E-state index is 0.131. The largest absolute Gasteiger partial charge is 0.444 e. The van der Waals surface area contributed by atoms with E-state index >= 15 is 0 Å². The molecule has 3 unspecified atom stereocenters. The second-order valence-corrected chi connectivity index (χ2v) is 33.1. The molecule has 0 radical (unpaired) electrons. The normalized spacial score (nSPS) is 25.3. The molecule has 2 saturated carbocycles. The lowest BCUT2D eigenvalue weighted by molar-refractivity contribution is -0.389. The van der Waals surface area contributed by atoms with E-state index < -0.39 is 43.7 Å². The predicted molar refractivity (Wildman–Crippen MR) is 415 cm³/mol. The number of likely N-dealkylation sites (tertiary alicyclic amines) is 2. The van der Waals surface area contributed by atoms with E-state index in [4.69, 9.17) is 38.9 Å². The Balaban J connectivity index is 0.000000166. The summed E-state index contributed by atoms with van der Waals surface area (Å²) in [6.07, 6.45) is 19.4. The Morgan fingerprint density at radius 1 is 0.464 bits per heavy atom. The fourth-order valence-corrected chi connectivity index (χ4v) is 15.2. The minimum atomic E-state index is -0.841. The highest BCUT2D eigenvalue weighted by Crippen LogP contribution is 2.52. The summed E-state index contributed by atoms with van der Waals surface area (Å²) in [5, 5.41) is 66.8. The number of nitrogens with two attached hydrogens (primary N) is 1. The van der Waals surface area contributed by atoms with Crippen molar-refractivity contribution >= 4 is 41.0 Å². The third-order valence-corrected chi connectivity index (χ3v) is 21.0. The highest BCUT2D eigenvalue weighted by Gasteiger charge is 2.47. The van der Waals surface area contributed by atoms with Crippen LogP contribution in [0.1, 0.15) is 138 Å². The predicted octanol–water partition coefficient (Wildman–Crippen LogP) is 6.61. The van der Waals surface area contributed by atoms with Crippen LogP contribution in [0.15, 0.2) is 55.0 Å². The van der Waals surface area contributed by atoms with Gasteiger partial charge in [-0.2, -0.15) is 0 Å². The van der Waals surface area contributed by atoms with Gasteiger partial charge in [-0.15, -0.1) is 0 Å². The summed E-state index contributed by atoms with van der Waals surface area (Å²) < 4.78 is 49.2. The van der Waals surface area contributed by atoms with Gasteiger partial charge in [-0.1, -0.05) is 19.3 Å². The number of aromatic nitrogens is 3. The fourth-order valence-electron chi connectivity index (χ4n) is 15.2. The van der Waals surface area contributed by atoms with Crippen molar-refractivity contribution in [2.24, 2.45) is 5.41 Å². The van der Waals surface area contributed by atoms with Crippen molar-refractivity contribution in [1.29, 1.82) is 0 Å². The Morgan fingerprint density at radius 2 is 0.827 bits per heavy atom. The highest BCUT2D eigenvalue weighted by atomic mass is 19.1. The molecule has 620 valence electrons. The number of pyridine rings is 3. The summed E-state index contributed by atoms with van der Waals surface area (Å²) in [7, 11) is 0. The van der Waals surface area contributed by atoms with Gasteiger partial charge in [-0.05, 0) is 168 Å². The first-order valence-electron chi connectivity index (χ1n) is 39.8. The summed E-state index contributed by atoms with van der Waals surface area (Å²) in [4.78, 5) is 71.5. The first-order valence-corrected chi connectivity index (χ1v) is 39.8. The van der Waals surface area contributed by atoms with Crippen LogP contribution < -0.4 is 20.9 Å². The SMILES string of the molecule is C1COCCN1.CC(C)(C)OC(=O)N1CCCC(O)(CN2CCOCC2)C1.CC(C)(C)OC(=O)N1CCCC2(CC2)C1.Nc1ccc(N2CCCC(O)(CN3CCOCC3)C2)cn1.O=[N+]([O-])c1ccc(F)cn1.O=[N+]([O-])c1ccc(N2CCCC(O)(CN3CCOCC3)C2)cn1.OC1(CN2CCOCC2)CCCCC1. The van der Waals surface area contributed by atoms with E-state index in [1.807, 2.05) is 58.6 Å². The summed E-state index contributed by atoms with van der Waals surface area (Å²) >= 11 is 0. The van der Waals surface area contributed by atoms with Gasteiger partial charge in [-0.3, -0.25) is 19.6 Å². The molecule has 32 nitrogen and oxygen atoms in total. The molecular formula is C77H128FN15O17. The molecular weight excluding hydrogens is 1430 g/mol. The Labute approximate surface area is 649 Å². The van der Waals surface area contributed by atoms with Gasteiger partial charge in [0.05, 0.1) is 113 Å². The number of piperidine rings is 4. The van der Waals surface area contributed by atoms with E-state index in [0.29, 0.717) is 76.9 Å². The smallest absolute Gasteiger partial charge is 0.410 e. The molecule has 3 aromatic rings. The Kier molecular flexibility index (Phi) is 35.0. The first kappa shape index (κ1) is 89.1. The molecule has 1 spiro atoms. The maximum atomic E-state index is 12.2. The molecule has 110 heavy (non-hydrogen) atoms. The number of carbonyl (C=O) groups is 2. The van der Waals surface area contributed by atoms with E-state index in [1.165, 1.54) is 50.8 Å². The number of nitrogen functional groups attached to an aromatic ring is 1.